The van der Waals surface area contributed by atoms with E-state index in [1.54, 1.807) is 0 Å². The Kier molecular flexibility index (Phi) is 4.60. The largest absolute Gasteiger partial charge is 0.302 e. The van der Waals surface area contributed by atoms with E-state index in [9.17, 15) is 0 Å². The molecule has 1 rings (SSSR count). The van der Waals surface area contributed by atoms with E-state index < -0.39 is 0 Å². The van der Waals surface area contributed by atoms with Gasteiger partial charge in [0, 0.05) is 11.6 Å². The van der Waals surface area contributed by atoms with Gasteiger partial charge in [-0.1, -0.05) is 20.8 Å². The lowest BCUT2D eigenvalue weighted by Crippen LogP contribution is -2.57. The maximum atomic E-state index is 2.67. The van der Waals surface area contributed by atoms with Crippen molar-refractivity contribution in [2.75, 3.05) is 27.2 Å². The van der Waals surface area contributed by atoms with Crippen LogP contribution in [0.2, 0.25) is 0 Å². The highest BCUT2D eigenvalue weighted by Gasteiger charge is 2.42. The summed E-state index contributed by atoms with van der Waals surface area (Å²) in [5, 5.41) is 0. The summed E-state index contributed by atoms with van der Waals surface area (Å²) in [4.78, 5) is 5.14. The standard InChI is InChI=1S/C13H28N2/c1-6-13(7-2,14(4)5)12-10-9-11-15(12)8-3/h12H,6-11H2,1-5H3. The molecular formula is C13H28N2. The van der Waals surface area contributed by atoms with Crippen LogP contribution in [0.5, 0.6) is 0 Å². The molecular weight excluding hydrogens is 184 g/mol. The second-order valence-corrected chi connectivity index (χ2v) is 4.99. The first-order valence-electron chi connectivity index (χ1n) is 6.53. The summed E-state index contributed by atoms with van der Waals surface area (Å²) < 4.78 is 0. The zero-order valence-corrected chi connectivity index (χ0v) is 11.2. The Balaban J connectivity index is 2.87. The smallest absolute Gasteiger partial charge is 0.0353 e. The van der Waals surface area contributed by atoms with Gasteiger partial charge in [0.1, 0.15) is 0 Å². The summed E-state index contributed by atoms with van der Waals surface area (Å²) in [7, 11) is 4.50. The predicted molar refractivity (Wildman–Crippen MR) is 67.3 cm³/mol. The molecule has 1 heterocycles. The van der Waals surface area contributed by atoms with E-state index in [0.717, 1.165) is 6.04 Å². The van der Waals surface area contributed by atoms with Crippen LogP contribution in [0.4, 0.5) is 0 Å². The van der Waals surface area contributed by atoms with E-state index in [1.807, 2.05) is 0 Å². The molecule has 90 valence electrons. The fourth-order valence-electron chi connectivity index (χ4n) is 3.46. The molecule has 1 fully saturated rings. The Morgan fingerprint density at radius 1 is 1.20 bits per heavy atom. The highest BCUT2D eigenvalue weighted by atomic mass is 15.3. The van der Waals surface area contributed by atoms with Crippen LogP contribution in [0.3, 0.4) is 0 Å². The second kappa shape index (κ2) is 5.31. The molecule has 0 saturated carbocycles. The fourth-order valence-corrected chi connectivity index (χ4v) is 3.46. The maximum absolute atomic E-state index is 2.67. The first-order valence-corrected chi connectivity index (χ1v) is 6.53. The minimum Gasteiger partial charge on any atom is -0.302 e. The molecule has 15 heavy (non-hydrogen) atoms. The van der Waals surface area contributed by atoms with Gasteiger partial charge in [0.15, 0.2) is 0 Å². The number of nitrogens with zero attached hydrogens (tertiary/aromatic N) is 2. The number of hydrogen-bond donors (Lipinski definition) is 0. The lowest BCUT2D eigenvalue weighted by atomic mass is 9.82. The molecule has 0 aromatic carbocycles. The van der Waals surface area contributed by atoms with Crippen molar-refractivity contribution >= 4 is 0 Å². The number of rotatable bonds is 5. The Morgan fingerprint density at radius 3 is 2.20 bits per heavy atom. The maximum Gasteiger partial charge on any atom is 0.0353 e. The van der Waals surface area contributed by atoms with Gasteiger partial charge in [0.2, 0.25) is 0 Å². The Hall–Kier alpha value is -0.0800. The fraction of sp³-hybridized carbons (Fsp3) is 1.00. The second-order valence-electron chi connectivity index (χ2n) is 4.99. The van der Waals surface area contributed by atoms with Crippen molar-refractivity contribution in [1.29, 1.82) is 0 Å². The molecule has 2 heteroatoms. The average molecular weight is 212 g/mol. The van der Waals surface area contributed by atoms with Gasteiger partial charge in [-0.15, -0.1) is 0 Å². The molecule has 1 aliphatic heterocycles. The average Bonchev–Trinajstić information content (AvgIpc) is 2.69. The molecule has 1 aliphatic rings. The SMILES string of the molecule is CCN1CCCC1C(CC)(CC)N(C)C. The summed E-state index contributed by atoms with van der Waals surface area (Å²) >= 11 is 0. The summed E-state index contributed by atoms with van der Waals surface area (Å²) in [6.07, 6.45) is 5.29. The van der Waals surface area contributed by atoms with Crippen LogP contribution in [0.15, 0.2) is 0 Å². The minimum absolute atomic E-state index is 0.395. The van der Waals surface area contributed by atoms with Gasteiger partial charge < -0.3 is 4.90 Å². The monoisotopic (exact) mass is 212 g/mol. The number of likely N-dealkylation sites (tertiary alicyclic amines) is 1. The summed E-state index contributed by atoms with van der Waals surface area (Å²) in [6, 6.07) is 0.771. The summed E-state index contributed by atoms with van der Waals surface area (Å²) in [5.74, 6) is 0. The van der Waals surface area contributed by atoms with Crippen molar-refractivity contribution in [3.8, 4) is 0 Å². The van der Waals surface area contributed by atoms with E-state index in [1.165, 1.54) is 38.8 Å². The third-order valence-electron chi connectivity index (χ3n) is 4.51. The first kappa shape index (κ1) is 13.0. The Labute approximate surface area is 95.6 Å². The lowest BCUT2D eigenvalue weighted by Gasteiger charge is -2.47. The van der Waals surface area contributed by atoms with E-state index in [2.05, 4.69) is 44.7 Å². The van der Waals surface area contributed by atoms with Gasteiger partial charge in [0.25, 0.3) is 0 Å². The van der Waals surface area contributed by atoms with Crippen molar-refractivity contribution in [3.05, 3.63) is 0 Å². The Morgan fingerprint density at radius 2 is 1.80 bits per heavy atom. The van der Waals surface area contributed by atoms with Crippen molar-refractivity contribution in [2.24, 2.45) is 0 Å². The highest BCUT2D eigenvalue weighted by molar-refractivity contribution is 5.00. The van der Waals surface area contributed by atoms with Crippen molar-refractivity contribution in [3.63, 3.8) is 0 Å². The predicted octanol–water partition coefficient (Wildman–Crippen LogP) is 2.59. The van der Waals surface area contributed by atoms with Crippen molar-refractivity contribution in [1.82, 2.24) is 9.80 Å². The van der Waals surface area contributed by atoms with Crippen molar-refractivity contribution < 1.29 is 0 Å². The molecule has 0 N–H and O–H groups in total. The van der Waals surface area contributed by atoms with Gasteiger partial charge in [-0.3, -0.25) is 4.90 Å². The topological polar surface area (TPSA) is 6.48 Å². The van der Waals surface area contributed by atoms with Gasteiger partial charge >= 0.3 is 0 Å². The van der Waals surface area contributed by atoms with Gasteiger partial charge in [0.05, 0.1) is 0 Å². The molecule has 2 nitrogen and oxygen atoms in total. The van der Waals surface area contributed by atoms with Gasteiger partial charge in [-0.05, 0) is 52.9 Å². The normalized spacial score (nSPS) is 24.0. The summed E-state index contributed by atoms with van der Waals surface area (Å²) in [5.41, 5.74) is 0.395. The van der Waals surface area contributed by atoms with E-state index >= 15 is 0 Å². The van der Waals surface area contributed by atoms with Crippen molar-refractivity contribution in [2.45, 2.75) is 58.0 Å². The quantitative estimate of drug-likeness (QED) is 0.691. The molecule has 0 amide bonds. The van der Waals surface area contributed by atoms with E-state index in [4.69, 9.17) is 0 Å². The van der Waals surface area contributed by atoms with Gasteiger partial charge in [-0.25, -0.2) is 0 Å². The molecule has 0 bridgehead atoms. The number of likely N-dealkylation sites (N-methyl/N-ethyl adjacent to an activating group) is 2. The van der Waals surface area contributed by atoms with Crippen LogP contribution in [-0.2, 0) is 0 Å². The van der Waals surface area contributed by atoms with Crippen LogP contribution >= 0.6 is 0 Å². The zero-order chi connectivity index (χ0) is 11.5. The minimum atomic E-state index is 0.395. The van der Waals surface area contributed by atoms with Crippen LogP contribution in [-0.4, -0.2) is 48.6 Å². The molecule has 0 aliphatic carbocycles. The third-order valence-corrected chi connectivity index (χ3v) is 4.51. The van der Waals surface area contributed by atoms with E-state index in [-0.39, 0.29) is 0 Å². The third kappa shape index (κ3) is 2.21. The molecule has 0 aromatic rings. The Bertz CT molecular complexity index is 185. The highest BCUT2D eigenvalue weighted by Crippen LogP contribution is 2.35. The number of hydrogen-bond acceptors (Lipinski definition) is 2. The molecule has 1 unspecified atom stereocenters. The first-order chi connectivity index (χ1) is 7.12. The van der Waals surface area contributed by atoms with Crippen LogP contribution < -0.4 is 0 Å². The van der Waals surface area contributed by atoms with Crippen LogP contribution in [0, 0.1) is 0 Å². The molecule has 0 spiro atoms. The molecule has 0 radical (unpaired) electrons. The molecule has 0 aromatic heterocycles. The molecule has 1 saturated heterocycles. The van der Waals surface area contributed by atoms with Crippen LogP contribution in [0.25, 0.3) is 0 Å². The summed E-state index contributed by atoms with van der Waals surface area (Å²) in [6.45, 7) is 9.49. The molecule has 1 atom stereocenters. The van der Waals surface area contributed by atoms with Crippen LogP contribution in [0.1, 0.15) is 46.5 Å². The van der Waals surface area contributed by atoms with Gasteiger partial charge in [-0.2, -0.15) is 0 Å². The zero-order valence-electron chi connectivity index (χ0n) is 11.2. The lowest BCUT2D eigenvalue weighted by molar-refractivity contribution is 0.0405. The van der Waals surface area contributed by atoms with E-state index in [0.29, 0.717) is 5.54 Å².